The molecule has 5 aromatic rings. The Morgan fingerprint density at radius 1 is 1.13 bits per heavy atom. The molecule has 206 valence electrons. The van der Waals surface area contributed by atoms with Crippen molar-refractivity contribution in [2.45, 2.75) is 45.3 Å². The number of imidazole rings is 1. The summed E-state index contributed by atoms with van der Waals surface area (Å²) in [7, 11) is 2.49. The lowest BCUT2D eigenvalue weighted by atomic mass is 10.1. The van der Waals surface area contributed by atoms with Crippen LogP contribution in [0.2, 0.25) is 25.7 Å². The van der Waals surface area contributed by atoms with Gasteiger partial charge in [0.05, 0.1) is 36.2 Å². The number of aryl methyl sites for hydroxylation is 2. The van der Waals surface area contributed by atoms with E-state index in [1.54, 1.807) is 7.11 Å². The highest BCUT2D eigenvalue weighted by molar-refractivity contribution is 6.76. The molecule has 0 atom stereocenters. The number of hydrogen-bond donors (Lipinski definition) is 2. The van der Waals surface area contributed by atoms with Gasteiger partial charge in [0.2, 0.25) is 0 Å². The molecule has 1 aromatic carbocycles. The van der Waals surface area contributed by atoms with Gasteiger partial charge in [-0.1, -0.05) is 19.6 Å². The maximum atomic E-state index is 10.9. The average molecular weight is 549 g/mol. The summed E-state index contributed by atoms with van der Waals surface area (Å²) in [6.45, 7) is 8.50. The van der Waals surface area contributed by atoms with Crippen molar-refractivity contribution in [3.63, 3.8) is 0 Å². The van der Waals surface area contributed by atoms with Crippen LogP contribution in [0.4, 0.5) is 4.79 Å². The molecule has 0 saturated carbocycles. The first-order valence-corrected chi connectivity index (χ1v) is 16.9. The molecule has 0 bridgehead atoms. The van der Waals surface area contributed by atoms with Crippen LogP contribution in [0.25, 0.3) is 38.8 Å². The quantitative estimate of drug-likeness (QED) is 0.170. The first-order chi connectivity index (χ1) is 18.7. The smallest absolute Gasteiger partial charge is 0.404 e. The predicted molar refractivity (Wildman–Crippen MR) is 155 cm³/mol. The maximum absolute atomic E-state index is 10.9. The molecule has 0 saturated heterocycles. The summed E-state index contributed by atoms with van der Waals surface area (Å²) in [5, 5.41) is 12.4. The fourth-order valence-corrected chi connectivity index (χ4v) is 5.69. The van der Waals surface area contributed by atoms with Crippen LogP contribution >= 0.6 is 0 Å². The van der Waals surface area contributed by atoms with Crippen molar-refractivity contribution in [2.24, 2.45) is 7.05 Å². The molecule has 0 aliphatic carbocycles. The van der Waals surface area contributed by atoms with Gasteiger partial charge < -0.3 is 24.5 Å². The van der Waals surface area contributed by atoms with Crippen LogP contribution in [0.5, 0.6) is 5.75 Å². The van der Waals surface area contributed by atoms with Gasteiger partial charge in [-0.3, -0.25) is 8.97 Å². The number of carbonyl (C=O) groups is 1. The number of amides is 1. The van der Waals surface area contributed by atoms with Crippen LogP contribution in [0.1, 0.15) is 12.2 Å². The zero-order valence-electron chi connectivity index (χ0n) is 23.2. The van der Waals surface area contributed by atoms with Gasteiger partial charge in [0.15, 0.2) is 5.65 Å². The number of methoxy groups -OCH3 is 1. The van der Waals surface area contributed by atoms with Gasteiger partial charge in [-0.15, -0.1) is 0 Å². The Morgan fingerprint density at radius 3 is 2.67 bits per heavy atom. The molecule has 0 unspecified atom stereocenters. The molecule has 0 radical (unpaired) electrons. The number of benzene rings is 1. The molecule has 39 heavy (non-hydrogen) atoms. The Bertz CT molecular complexity index is 1650. The van der Waals surface area contributed by atoms with E-state index in [1.165, 1.54) is 0 Å². The third-order valence-electron chi connectivity index (χ3n) is 7.01. The Kier molecular flexibility index (Phi) is 7.37. The number of rotatable bonds is 11. The van der Waals surface area contributed by atoms with Crippen LogP contribution < -0.4 is 10.1 Å². The summed E-state index contributed by atoms with van der Waals surface area (Å²) < 4.78 is 18.2. The van der Waals surface area contributed by atoms with Gasteiger partial charge in [0, 0.05) is 57.4 Å². The van der Waals surface area contributed by atoms with Gasteiger partial charge in [-0.2, -0.15) is 0 Å². The summed E-state index contributed by atoms with van der Waals surface area (Å²) in [5.74, 6) is 1.67. The molecule has 5 rings (SSSR count). The molecule has 4 aromatic heterocycles. The van der Waals surface area contributed by atoms with Crippen molar-refractivity contribution in [2.75, 3.05) is 20.3 Å². The van der Waals surface area contributed by atoms with Gasteiger partial charge >= 0.3 is 6.09 Å². The van der Waals surface area contributed by atoms with Gasteiger partial charge in [0.25, 0.3) is 0 Å². The molecule has 0 spiro atoms. The van der Waals surface area contributed by atoms with E-state index in [-0.39, 0.29) is 0 Å². The maximum Gasteiger partial charge on any atom is 0.404 e. The van der Waals surface area contributed by atoms with E-state index in [9.17, 15) is 4.79 Å². The minimum Gasteiger partial charge on any atom is -0.497 e. The first-order valence-electron chi connectivity index (χ1n) is 13.2. The highest BCUT2D eigenvalue weighted by atomic mass is 28.3. The lowest BCUT2D eigenvalue weighted by Crippen LogP contribution is -2.22. The minimum absolute atomic E-state index is 0.369. The lowest BCUT2D eigenvalue weighted by molar-refractivity contribution is 0.0909. The molecule has 11 heteroatoms. The van der Waals surface area contributed by atoms with E-state index >= 15 is 0 Å². The number of aromatic nitrogens is 5. The van der Waals surface area contributed by atoms with Crippen LogP contribution in [0.15, 0.2) is 42.9 Å². The highest BCUT2D eigenvalue weighted by Gasteiger charge is 2.20. The molecule has 0 aliphatic heterocycles. The third-order valence-corrected chi connectivity index (χ3v) is 8.72. The first kappa shape index (κ1) is 26.8. The second kappa shape index (κ2) is 10.7. The molecule has 0 aliphatic rings. The highest BCUT2D eigenvalue weighted by Crippen LogP contribution is 2.36. The number of hydrogen-bond acceptors (Lipinski definition) is 5. The monoisotopic (exact) mass is 548 g/mol. The number of ether oxygens (including phenoxy) is 2. The van der Waals surface area contributed by atoms with E-state index in [0.717, 1.165) is 56.5 Å². The van der Waals surface area contributed by atoms with Crippen molar-refractivity contribution >= 4 is 41.8 Å². The summed E-state index contributed by atoms with van der Waals surface area (Å²) in [5.41, 5.74) is 5.83. The van der Waals surface area contributed by atoms with E-state index < -0.39 is 14.2 Å². The third kappa shape index (κ3) is 5.50. The van der Waals surface area contributed by atoms with Gasteiger partial charge in [-0.05, 0) is 36.7 Å². The van der Waals surface area contributed by atoms with Crippen molar-refractivity contribution in [1.82, 2.24) is 28.8 Å². The largest absolute Gasteiger partial charge is 0.497 e. The van der Waals surface area contributed by atoms with Crippen molar-refractivity contribution in [3.8, 4) is 17.0 Å². The fraction of sp³-hybridized carbons (Fsp3) is 0.393. The number of nitrogens with zero attached hydrogens (tertiary/aromatic N) is 5. The zero-order valence-corrected chi connectivity index (χ0v) is 24.2. The predicted octanol–water partition coefficient (Wildman–Crippen LogP) is 5.36. The van der Waals surface area contributed by atoms with E-state index in [0.29, 0.717) is 32.7 Å². The average Bonchev–Trinajstić information content (AvgIpc) is 3.56. The molecule has 0 fully saturated rings. The zero-order chi connectivity index (χ0) is 27.7. The van der Waals surface area contributed by atoms with Crippen LogP contribution in [0, 0.1) is 0 Å². The molecule has 10 nitrogen and oxygen atoms in total. The topological polar surface area (TPSA) is 108 Å². The second-order valence-electron chi connectivity index (χ2n) is 11.1. The molecule has 1 amide bonds. The second-order valence-corrected chi connectivity index (χ2v) is 16.7. The number of carboxylic acid groups (broad SMARTS) is 1. The van der Waals surface area contributed by atoms with E-state index in [2.05, 4.69) is 67.9 Å². The van der Waals surface area contributed by atoms with Gasteiger partial charge in [0.1, 0.15) is 18.3 Å². The molecular weight excluding hydrogens is 512 g/mol. The van der Waals surface area contributed by atoms with E-state index in [1.807, 2.05) is 25.5 Å². The molecule has 4 heterocycles. The van der Waals surface area contributed by atoms with Crippen molar-refractivity contribution in [1.29, 1.82) is 0 Å². The number of nitrogens with one attached hydrogen (secondary N) is 1. The van der Waals surface area contributed by atoms with Crippen LogP contribution in [0.3, 0.4) is 0 Å². The standard InChI is InChI=1S/C28H36N6O4Si/c1-32-17-22(21-13-20(37-2)8-9-23(21)32)24-14-25-27(33(24)18-38-11-12-39(3,4)5)31-16-19-15-30-26(34(19)25)7-6-10-29-28(35)36/h8-9,13-17,29H,6-7,10-12,18H2,1-5H3,(H,35,36). The minimum atomic E-state index is -1.23. The Morgan fingerprint density at radius 2 is 1.92 bits per heavy atom. The lowest BCUT2D eigenvalue weighted by Gasteiger charge is -2.16. The molecule has 2 N–H and O–H groups in total. The summed E-state index contributed by atoms with van der Waals surface area (Å²) in [6.07, 6.45) is 6.05. The van der Waals surface area contributed by atoms with Gasteiger partial charge in [-0.25, -0.2) is 14.8 Å². The SMILES string of the molecule is COc1ccc2c(c1)c(-c1cc3c(ncc4cnc(CCCNC(=O)O)n43)n1COCC[Si](C)(C)C)cn2C. The fourth-order valence-electron chi connectivity index (χ4n) is 4.93. The van der Waals surface area contributed by atoms with Crippen molar-refractivity contribution in [3.05, 3.63) is 48.7 Å². The van der Waals surface area contributed by atoms with Crippen LogP contribution in [-0.4, -0.2) is 63.0 Å². The van der Waals surface area contributed by atoms with E-state index in [4.69, 9.17) is 19.6 Å². The Labute approximate surface area is 228 Å². The molecular formula is C28H36N6O4Si. The Hall–Kier alpha value is -3.83. The number of fused-ring (bicyclic) bond motifs is 4. The summed E-state index contributed by atoms with van der Waals surface area (Å²) in [4.78, 5) is 20.3. The summed E-state index contributed by atoms with van der Waals surface area (Å²) >= 11 is 0. The summed E-state index contributed by atoms with van der Waals surface area (Å²) in [6, 6.07) is 9.36. The van der Waals surface area contributed by atoms with Crippen molar-refractivity contribution < 1.29 is 19.4 Å². The van der Waals surface area contributed by atoms with Crippen LogP contribution in [-0.2, 0) is 24.9 Å². The normalized spacial score (nSPS) is 12.1. The Balaban J connectivity index is 1.62.